The van der Waals surface area contributed by atoms with E-state index in [1.54, 1.807) is 12.1 Å². The summed E-state index contributed by atoms with van der Waals surface area (Å²) in [7, 11) is 0. The lowest BCUT2D eigenvalue weighted by Crippen LogP contribution is -2.63. The number of rotatable bonds is 7. The van der Waals surface area contributed by atoms with E-state index in [1.807, 2.05) is 13.8 Å². The number of hydrogen-bond acceptors (Lipinski definition) is 4. The number of guanidine groups is 1. The lowest BCUT2D eigenvalue weighted by molar-refractivity contribution is -0.145. The van der Waals surface area contributed by atoms with Crippen LogP contribution in [-0.4, -0.2) is 28.8 Å². The summed E-state index contributed by atoms with van der Waals surface area (Å²) in [6.07, 6.45) is 7.37. The van der Waals surface area contributed by atoms with Crippen molar-refractivity contribution in [1.29, 1.82) is 0 Å². The molecule has 0 aliphatic carbocycles. The molecule has 0 atom stereocenters. The molecule has 3 N–H and O–H groups in total. The standard InChI is InChI=1S/C18H25N5O3/c1-3-5-9-18(10-6-4-2)14(24)21-16(22-15(18)25)23-17(26)20-13-7-11-19-12-8-13/h7-8,11-12H,3-6,9-10H2,1-2H3,(H3,19,20,21,22,23,24,25,26). The second kappa shape index (κ2) is 9.07. The van der Waals surface area contributed by atoms with E-state index in [0.717, 1.165) is 25.7 Å². The summed E-state index contributed by atoms with van der Waals surface area (Å²) in [4.78, 5) is 45.0. The molecule has 26 heavy (non-hydrogen) atoms. The van der Waals surface area contributed by atoms with Gasteiger partial charge in [-0.25, -0.2) is 4.79 Å². The maximum atomic E-state index is 12.7. The number of urea groups is 1. The number of nitrogens with one attached hydrogen (secondary N) is 3. The molecule has 2 rings (SSSR count). The smallest absolute Gasteiger partial charge is 0.306 e. The Hall–Kier alpha value is -2.77. The molecule has 0 aromatic carbocycles. The van der Waals surface area contributed by atoms with Crippen LogP contribution in [0.1, 0.15) is 52.4 Å². The Balaban J connectivity index is 2.11. The average Bonchev–Trinajstić information content (AvgIpc) is 2.61. The third-order valence-corrected chi connectivity index (χ3v) is 4.39. The predicted octanol–water partition coefficient (Wildman–Crippen LogP) is 2.58. The van der Waals surface area contributed by atoms with Gasteiger partial charge in [0, 0.05) is 18.1 Å². The minimum absolute atomic E-state index is 0.143. The molecule has 1 saturated heterocycles. The first-order valence-electron chi connectivity index (χ1n) is 8.94. The maximum Gasteiger partial charge on any atom is 0.348 e. The molecule has 8 nitrogen and oxygen atoms in total. The first-order chi connectivity index (χ1) is 12.5. The summed E-state index contributed by atoms with van der Waals surface area (Å²) in [6.45, 7) is 4.03. The van der Waals surface area contributed by atoms with E-state index in [9.17, 15) is 14.4 Å². The van der Waals surface area contributed by atoms with Crippen molar-refractivity contribution in [1.82, 2.24) is 15.6 Å². The largest absolute Gasteiger partial charge is 0.348 e. The number of aromatic nitrogens is 1. The third-order valence-electron chi connectivity index (χ3n) is 4.39. The fraction of sp³-hybridized carbons (Fsp3) is 0.500. The molecule has 0 unspecified atom stereocenters. The Labute approximate surface area is 152 Å². The van der Waals surface area contributed by atoms with Crippen LogP contribution in [0, 0.1) is 5.41 Å². The van der Waals surface area contributed by atoms with Gasteiger partial charge in [0.1, 0.15) is 5.41 Å². The third kappa shape index (κ3) is 4.65. The number of pyridine rings is 1. The van der Waals surface area contributed by atoms with Gasteiger partial charge in [0.2, 0.25) is 17.8 Å². The van der Waals surface area contributed by atoms with Gasteiger partial charge in [-0.1, -0.05) is 39.5 Å². The minimum Gasteiger partial charge on any atom is -0.306 e. The van der Waals surface area contributed by atoms with Gasteiger partial charge in [-0.2, -0.15) is 4.99 Å². The molecular weight excluding hydrogens is 334 g/mol. The van der Waals surface area contributed by atoms with Crippen molar-refractivity contribution >= 4 is 29.5 Å². The summed E-state index contributed by atoms with van der Waals surface area (Å²) in [5.74, 6) is -0.924. The monoisotopic (exact) mass is 359 g/mol. The van der Waals surface area contributed by atoms with E-state index in [1.165, 1.54) is 12.4 Å². The molecule has 1 aromatic heterocycles. The number of hydrogen-bond donors (Lipinski definition) is 3. The van der Waals surface area contributed by atoms with Crippen molar-refractivity contribution in [3.63, 3.8) is 0 Å². The van der Waals surface area contributed by atoms with Crippen molar-refractivity contribution in [2.75, 3.05) is 5.32 Å². The Morgan fingerprint density at radius 2 is 1.62 bits per heavy atom. The zero-order valence-electron chi connectivity index (χ0n) is 15.2. The number of aliphatic imine (C=N–C) groups is 1. The zero-order chi connectivity index (χ0) is 19.0. The Bertz CT molecular complexity index is 657. The molecule has 0 radical (unpaired) electrons. The van der Waals surface area contributed by atoms with Crippen LogP contribution in [0.15, 0.2) is 29.5 Å². The van der Waals surface area contributed by atoms with Gasteiger partial charge in [-0.05, 0) is 25.0 Å². The number of carbonyl (C=O) groups excluding carboxylic acids is 3. The van der Waals surface area contributed by atoms with E-state index in [-0.39, 0.29) is 5.96 Å². The van der Waals surface area contributed by atoms with Crippen molar-refractivity contribution in [2.24, 2.45) is 10.4 Å². The van der Waals surface area contributed by atoms with Crippen LogP contribution in [0.25, 0.3) is 0 Å². The van der Waals surface area contributed by atoms with Crippen molar-refractivity contribution in [2.45, 2.75) is 52.4 Å². The quantitative estimate of drug-likeness (QED) is 0.649. The molecule has 1 fully saturated rings. The van der Waals surface area contributed by atoms with Gasteiger partial charge in [0.05, 0.1) is 0 Å². The number of amides is 4. The minimum atomic E-state index is -1.09. The van der Waals surface area contributed by atoms with Crippen LogP contribution in [0.5, 0.6) is 0 Å². The summed E-state index contributed by atoms with van der Waals surface area (Å²) < 4.78 is 0. The molecular formula is C18H25N5O3. The second-order valence-corrected chi connectivity index (χ2v) is 6.32. The molecule has 8 heteroatoms. The fourth-order valence-corrected chi connectivity index (χ4v) is 2.87. The maximum absolute atomic E-state index is 12.7. The van der Waals surface area contributed by atoms with Crippen LogP contribution < -0.4 is 16.0 Å². The van der Waals surface area contributed by atoms with Crippen LogP contribution in [0.3, 0.4) is 0 Å². The first kappa shape index (κ1) is 19.6. The summed E-state index contributed by atoms with van der Waals surface area (Å²) in [5.41, 5.74) is -0.574. The number of nitrogens with zero attached hydrogens (tertiary/aromatic N) is 2. The Morgan fingerprint density at radius 1 is 1.08 bits per heavy atom. The highest BCUT2D eigenvalue weighted by Gasteiger charge is 2.48. The molecule has 1 aliphatic rings. The van der Waals surface area contributed by atoms with Crippen LogP contribution >= 0.6 is 0 Å². The second-order valence-electron chi connectivity index (χ2n) is 6.32. The fourth-order valence-electron chi connectivity index (χ4n) is 2.87. The molecule has 140 valence electrons. The lowest BCUT2D eigenvalue weighted by atomic mass is 9.75. The van der Waals surface area contributed by atoms with E-state index < -0.39 is 23.3 Å². The number of unbranched alkanes of at least 4 members (excludes halogenated alkanes) is 2. The lowest BCUT2D eigenvalue weighted by Gasteiger charge is -2.35. The predicted molar refractivity (Wildman–Crippen MR) is 98.5 cm³/mol. The topological polar surface area (TPSA) is 113 Å². The number of carbonyl (C=O) groups is 3. The van der Waals surface area contributed by atoms with Crippen LogP contribution in [0.2, 0.25) is 0 Å². The highest BCUT2D eigenvalue weighted by molar-refractivity contribution is 6.22. The normalized spacial score (nSPS) is 15.8. The van der Waals surface area contributed by atoms with Gasteiger partial charge < -0.3 is 5.32 Å². The van der Waals surface area contributed by atoms with Gasteiger partial charge in [0.25, 0.3) is 0 Å². The van der Waals surface area contributed by atoms with E-state index in [4.69, 9.17) is 0 Å². The highest BCUT2D eigenvalue weighted by Crippen LogP contribution is 2.33. The molecule has 1 aromatic rings. The van der Waals surface area contributed by atoms with Crippen LogP contribution in [-0.2, 0) is 9.59 Å². The molecule has 0 spiro atoms. The molecule has 1 aliphatic heterocycles. The molecule has 2 heterocycles. The van der Waals surface area contributed by atoms with Crippen molar-refractivity contribution in [3.05, 3.63) is 24.5 Å². The highest BCUT2D eigenvalue weighted by atomic mass is 16.2. The average molecular weight is 359 g/mol. The van der Waals surface area contributed by atoms with E-state index in [0.29, 0.717) is 18.5 Å². The zero-order valence-corrected chi connectivity index (χ0v) is 15.2. The first-order valence-corrected chi connectivity index (χ1v) is 8.94. The van der Waals surface area contributed by atoms with E-state index in [2.05, 4.69) is 25.9 Å². The number of anilines is 1. The van der Waals surface area contributed by atoms with Crippen LogP contribution in [0.4, 0.5) is 10.5 Å². The summed E-state index contributed by atoms with van der Waals surface area (Å²) in [5, 5.41) is 7.70. The van der Waals surface area contributed by atoms with Gasteiger partial charge in [-0.3, -0.25) is 25.2 Å². The van der Waals surface area contributed by atoms with E-state index >= 15 is 0 Å². The SMILES string of the molecule is CCCCC1(CCCC)C(=O)NC(=NC(=O)Nc2ccncc2)NC1=O. The van der Waals surface area contributed by atoms with Gasteiger partial charge in [-0.15, -0.1) is 0 Å². The summed E-state index contributed by atoms with van der Waals surface area (Å²) in [6, 6.07) is 2.52. The Morgan fingerprint density at radius 3 is 2.12 bits per heavy atom. The van der Waals surface area contributed by atoms with Crippen molar-refractivity contribution in [3.8, 4) is 0 Å². The van der Waals surface area contributed by atoms with Crippen molar-refractivity contribution < 1.29 is 14.4 Å². The molecule has 4 amide bonds. The summed E-state index contributed by atoms with van der Waals surface area (Å²) >= 11 is 0. The van der Waals surface area contributed by atoms with Gasteiger partial charge >= 0.3 is 6.03 Å². The van der Waals surface area contributed by atoms with Gasteiger partial charge in [0.15, 0.2) is 0 Å². The molecule has 0 bridgehead atoms. The molecule has 0 saturated carbocycles. The Kier molecular flexibility index (Phi) is 6.82.